The lowest BCUT2D eigenvalue weighted by molar-refractivity contribution is -0.121. The van der Waals surface area contributed by atoms with Crippen molar-refractivity contribution < 1.29 is 21.6 Å². The molecule has 0 aromatic heterocycles. The van der Waals surface area contributed by atoms with Crippen LogP contribution in [0.1, 0.15) is 18.4 Å². The molecular weight excluding hydrogens is 340 g/mol. The summed E-state index contributed by atoms with van der Waals surface area (Å²) in [7, 11) is -6.63. The zero-order chi connectivity index (χ0) is 17.1. The average Bonchev–Trinajstić information content (AvgIpc) is 2.82. The molecular formula is C14H20N2O5S2. The van der Waals surface area contributed by atoms with E-state index in [0.717, 1.165) is 5.56 Å². The van der Waals surface area contributed by atoms with Crippen molar-refractivity contribution in [3.63, 3.8) is 0 Å². The highest BCUT2D eigenvalue weighted by atomic mass is 32.2. The summed E-state index contributed by atoms with van der Waals surface area (Å²) in [6.45, 7) is 0.377. The summed E-state index contributed by atoms with van der Waals surface area (Å²) in [4.78, 5) is 11.8. The number of sulfonamides is 1. The lowest BCUT2D eigenvalue weighted by Crippen LogP contribution is -2.29. The van der Waals surface area contributed by atoms with Crippen LogP contribution in [-0.4, -0.2) is 40.8 Å². The van der Waals surface area contributed by atoms with E-state index < -0.39 is 19.9 Å². The number of benzene rings is 1. The molecule has 0 aliphatic carbocycles. The van der Waals surface area contributed by atoms with E-state index in [9.17, 15) is 21.6 Å². The van der Waals surface area contributed by atoms with Crippen LogP contribution >= 0.6 is 0 Å². The second-order valence-corrected chi connectivity index (χ2v) is 9.55. The number of carbonyl (C=O) groups excluding carboxylic acids is 1. The van der Waals surface area contributed by atoms with E-state index in [1.807, 2.05) is 0 Å². The van der Waals surface area contributed by atoms with E-state index >= 15 is 0 Å². The first-order valence-electron chi connectivity index (χ1n) is 7.24. The van der Waals surface area contributed by atoms with Crippen LogP contribution in [0.2, 0.25) is 0 Å². The fraction of sp³-hybridized carbons (Fsp3) is 0.500. The van der Waals surface area contributed by atoms with Gasteiger partial charge in [-0.25, -0.2) is 22.0 Å². The number of nitrogens with two attached hydrogens (primary N) is 1. The van der Waals surface area contributed by atoms with Gasteiger partial charge in [0, 0.05) is 13.0 Å². The third-order valence-corrected chi connectivity index (χ3v) is 6.57. The number of hydrogen-bond donors (Lipinski definition) is 2. The molecule has 9 heteroatoms. The summed E-state index contributed by atoms with van der Waals surface area (Å²) >= 11 is 0. The Balaban J connectivity index is 1.76. The summed E-state index contributed by atoms with van der Waals surface area (Å²) in [6.07, 6.45) is 1.32. The molecule has 1 atom stereocenters. The van der Waals surface area contributed by atoms with Gasteiger partial charge < -0.3 is 5.32 Å². The minimum absolute atomic E-state index is 0.00186. The van der Waals surface area contributed by atoms with Gasteiger partial charge in [-0.2, -0.15) is 0 Å². The molecule has 1 heterocycles. The summed E-state index contributed by atoms with van der Waals surface area (Å²) in [5.74, 6) is 0.189. The SMILES string of the molecule is NS(=O)(=O)c1ccc(CCC(=O)NCC2CCS(=O)(=O)C2)cc1. The van der Waals surface area contributed by atoms with E-state index in [-0.39, 0.29) is 34.6 Å². The predicted octanol–water partition coefficient (Wildman–Crippen LogP) is -0.182. The van der Waals surface area contributed by atoms with Crippen LogP contribution in [0.5, 0.6) is 0 Å². The van der Waals surface area contributed by atoms with Crippen LogP contribution in [0.4, 0.5) is 0 Å². The second kappa shape index (κ2) is 6.98. The molecule has 1 aromatic rings. The maximum atomic E-state index is 11.8. The number of carbonyl (C=O) groups is 1. The molecule has 7 nitrogen and oxygen atoms in total. The van der Waals surface area contributed by atoms with Gasteiger partial charge in [-0.15, -0.1) is 0 Å². The Kier molecular flexibility index (Phi) is 5.43. The largest absolute Gasteiger partial charge is 0.356 e. The zero-order valence-corrected chi connectivity index (χ0v) is 14.2. The summed E-state index contributed by atoms with van der Waals surface area (Å²) < 4.78 is 44.9. The van der Waals surface area contributed by atoms with E-state index in [4.69, 9.17) is 5.14 Å². The van der Waals surface area contributed by atoms with Crippen LogP contribution in [0.3, 0.4) is 0 Å². The van der Waals surface area contributed by atoms with Crippen molar-refractivity contribution in [3.05, 3.63) is 29.8 Å². The Hall–Kier alpha value is -1.45. The highest BCUT2D eigenvalue weighted by Gasteiger charge is 2.27. The van der Waals surface area contributed by atoms with Gasteiger partial charge in [0.25, 0.3) is 0 Å². The quantitative estimate of drug-likeness (QED) is 0.728. The molecule has 0 bridgehead atoms. The van der Waals surface area contributed by atoms with Crippen LogP contribution < -0.4 is 10.5 Å². The molecule has 2 rings (SSSR count). The van der Waals surface area contributed by atoms with Gasteiger partial charge in [-0.3, -0.25) is 4.79 Å². The maximum Gasteiger partial charge on any atom is 0.238 e. The van der Waals surface area contributed by atoms with Crippen LogP contribution in [0, 0.1) is 5.92 Å². The van der Waals surface area contributed by atoms with Crippen molar-refractivity contribution in [3.8, 4) is 0 Å². The average molecular weight is 360 g/mol. The lowest BCUT2D eigenvalue weighted by Gasteiger charge is -2.09. The number of hydrogen-bond acceptors (Lipinski definition) is 5. The smallest absolute Gasteiger partial charge is 0.238 e. The van der Waals surface area contributed by atoms with Crippen molar-refractivity contribution in [1.82, 2.24) is 5.32 Å². The van der Waals surface area contributed by atoms with Crippen LogP contribution in [0.15, 0.2) is 29.2 Å². The summed E-state index contributed by atoms with van der Waals surface area (Å²) in [5.41, 5.74) is 0.830. The Morgan fingerprint density at radius 2 is 1.91 bits per heavy atom. The fourth-order valence-electron chi connectivity index (χ4n) is 2.48. The number of rotatable bonds is 6. The van der Waals surface area contributed by atoms with Gasteiger partial charge in [-0.05, 0) is 36.5 Å². The fourth-order valence-corrected chi connectivity index (χ4v) is 4.86. The van der Waals surface area contributed by atoms with Crippen LogP contribution in [-0.2, 0) is 31.1 Å². The van der Waals surface area contributed by atoms with E-state index in [1.165, 1.54) is 12.1 Å². The third-order valence-electron chi connectivity index (χ3n) is 3.81. The Morgan fingerprint density at radius 3 is 2.43 bits per heavy atom. The first-order valence-corrected chi connectivity index (χ1v) is 10.6. The highest BCUT2D eigenvalue weighted by molar-refractivity contribution is 7.91. The molecule has 1 amide bonds. The van der Waals surface area contributed by atoms with Gasteiger partial charge in [0.1, 0.15) is 0 Å². The van der Waals surface area contributed by atoms with Crippen molar-refractivity contribution in [2.24, 2.45) is 11.1 Å². The van der Waals surface area contributed by atoms with Crippen LogP contribution in [0.25, 0.3) is 0 Å². The Morgan fingerprint density at radius 1 is 1.26 bits per heavy atom. The maximum absolute atomic E-state index is 11.8. The van der Waals surface area contributed by atoms with Gasteiger partial charge in [-0.1, -0.05) is 12.1 Å². The molecule has 1 fully saturated rings. The number of sulfone groups is 1. The molecule has 1 unspecified atom stereocenters. The minimum atomic E-state index is -3.71. The molecule has 23 heavy (non-hydrogen) atoms. The third kappa shape index (κ3) is 5.60. The zero-order valence-electron chi connectivity index (χ0n) is 12.6. The number of aryl methyl sites for hydroxylation is 1. The van der Waals surface area contributed by atoms with E-state index in [2.05, 4.69) is 5.32 Å². The molecule has 0 radical (unpaired) electrons. The van der Waals surface area contributed by atoms with Crippen molar-refractivity contribution in [2.75, 3.05) is 18.1 Å². The molecule has 0 saturated carbocycles. The minimum Gasteiger partial charge on any atom is -0.356 e. The topological polar surface area (TPSA) is 123 Å². The first-order chi connectivity index (χ1) is 10.7. The monoisotopic (exact) mass is 360 g/mol. The lowest BCUT2D eigenvalue weighted by atomic mass is 10.1. The van der Waals surface area contributed by atoms with Gasteiger partial charge in [0.05, 0.1) is 16.4 Å². The summed E-state index contributed by atoms with van der Waals surface area (Å²) in [6, 6.07) is 6.06. The molecule has 1 saturated heterocycles. The predicted molar refractivity (Wildman–Crippen MR) is 85.9 cm³/mol. The molecule has 1 aliphatic heterocycles. The Bertz CT molecular complexity index is 770. The number of nitrogens with one attached hydrogen (secondary N) is 1. The second-order valence-electron chi connectivity index (χ2n) is 5.76. The number of amides is 1. The van der Waals surface area contributed by atoms with Gasteiger partial charge >= 0.3 is 0 Å². The van der Waals surface area contributed by atoms with Crippen molar-refractivity contribution in [1.29, 1.82) is 0 Å². The first kappa shape index (κ1) is 17.9. The molecule has 0 spiro atoms. The van der Waals surface area contributed by atoms with E-state index in [1.54, 1.807) is 12.1 Å². The normalized spacial score (nSPS) is 20.3. The number of primary sulfonamides is 1. The summed E-state index contributed by atoms with van der Waals surface area (Å²) in [5, 5.41) is 7.76. The molecule has 128 valence electrons. The molecule has 1 aliphatic rings. The van der Waals surface area contributed by atoms with Gasteiger partial charge in [0.15, 0.2) is 9.84 Å². The molecule has 3 N–H and O–H groups in total. The van der Waals surface area contributed by atoms with E-state index in [0.29, 0.717) is 19.4 Å². The highest BCUT2D eigenvalue weighted by Crippen LogP contribution is 2.17. The molecule has 1 aromatic carbocycles. The Labute approximate surface area is 136 Å². The van der Waals surface area contributed by atoms with Gasteiger partial charge in [0.2, 0.25) is 15.9 Å². The van der Waals surface area contributed by atoms with Crippen molar-refractivity contribution >= 4 is 25.8 Å². The standard InChI is InChI=1S/C14H20N2O5S2/c15-23(20,21)13-4-1-11(2-5-13)3-6-14(17)16-9-12-7-8-22(18,19)10-12/h1-2,4-5,12H,3,6-10H2,(H,16,17)(H2,15,20,21). The van der Waals surface area contributed by atoms with Crippen molar-refractivity contribution in [2.45, 2.75) is 24.2 Å².